The van der Waals surface area contributed by atoms with Gasteiger partial charge >= 0.3 is 0 Å². The maximum atomic E-state index is 12.4. The van der Waals surface area contributed by atoms with Gasteiger partial charge in [-0.05, 0) is 49.2 Å². The molecule has 0 aliphatic heterocycles. The molecule has 1 aliphatic carbocycles. The number of fused-ring (bicyclic) bond motifs is 1. The summed E-state index contributed by atoms with van der Waals surface area (Å²) < 4.78 is 0. The number of nitrogens with one attached hydrogen (secondary N) is 1. The van der Waals surface area contributed by atoms with E-state index in [0.29, 0.717) is 12.0 Å². The first-order valence-corrected chi connectivity index (χ1v) is 10.5. The van der Waals surface area contributed by atoms with E-state index in [-0.39, 0.29) is 5.91 Å². The van der Waals surface area contributed by atoms with Gasteiger partial charge in [0, 0.05) is 29.3 Å². The molecular weight excluding hydrogens is 350 g/mol. The molecule has 0 atom stereocenters. The highest BCUT2D eigenvalue weighted by Gasteiger charge is 2.21. The fourth-order valence-corrected chi connectivity index (χ4v) is 5.19. The molecule has 2 heterocycles. The van der Waals surface area contributed by atoms with Crippen molar-refractivity contribution in [2.45, 2.75) is 45.6 Å². The van der Waals surface area contributed by atoms with Crippen LogP contribution in [0, 0.1) is 11.3 Å². The van der Waals surface area contributed by atoms with Gasteiger partial charge in [0.2, 0.25) is 5.91 Å². The zero-order valence-corrected chi connectivity index (χ0v) is 16.1. The molecule has 25 heavy (non-hydrogen) atoms. The van der Waals surface area contributed by atoms with Gasteiger partial charge in [-0.1, -0.05) is 13.0 Å². The lowest BCUT2D eigenvalue weighted by molar-refractivity contribution is -0.116. The summed E-state index contributed by atoms with van der Waals surface area (Å²) in [5, 5.41) is 15.3. The minimum Gasteiger partial charge on any atom is -0.317 e. The van der Waals surface area contributed by atoms with Crippen LogP contribution in [0.1, 0.15) is 47.1 Å². The number of nitriles is 1. The SMILES string of the molecule is CCN(CCC(=O)Nc1sc2c(c1C#N)CCCC2)Cc1cccs1. The quantitative estimate of drug-likeness (QED) is 0.782. The second kappa shape index (κ2) is 8.61. The number of rotatable bonds is 7. The molecule has 0 fully saturated rings. The van der Waals surface area contributed by atoms with Crippen LogP contribution in [0.5, 0.6) is 0 Å². The van der Waals surface area contributed by atoms with Crippen LogP contribution < -0.4 is 5.32 Å². The van der Waals surface area contributed by atoms with E-state index in [1.165, 1.54) is 21.7 Å². The Morgan fingerprint density at radius 3 is 2.96 bits per heavy atom. The summed E-state index contributed by atoms with van der Waals surface area (Å²) in [6.07, 6.45) is 4.77. The van der Waals surface area contributed by atoms with E-state index in [1.807, 2.05) is 0 Å². The van der Waals surface area contributed by atoms with E-state index in [2.05, 4.69) is 40.7 Å². The van der Waals surface area contributed by atoms with Crippen molar-refractivity contribution in [2.24, 2.45) is 0 Å². The number of amides is 1. The van der Waals surface area contributed by atoms with E-state index in [1.54, 1.807) is 22.7 Å². The molecule has 0 unspecified atom stereocenters. The summed E-state index contributed by atoms with van der Waals surface area (Å²) in [5.74, 6) is -0.000253. The third-order valence-corrected chi connectivity index (χ3v) is 6.67. The average molecular weight is 374 g/mol. The lowest BCUT2D eigenvalue weighted by Crippen LogP contribution is -2.27. The smallest absolute Gasteiger partial charge is 0.226 e. The third-order valence-electron chi connectivity index (χ3n) is 4.60. The number of anilines is 1. The van der Waals surface area contributed by atoms with Crippen molar-refractivity contribution >= 4 is 33.6 Å². The highest BCUT2D eigenvalue weighted by Crippen LogP contribution is 2.37. The fraction of sp³-hybridized carbons (Fsp3) is 0.474. The average Bonchev–Trinajstić information content (AvgIpc) is 3.25. The van der Waals surface area contributed by atoms with E-state index >= 15 is 0 Å². The first kappa shape index (κ1) is 18.1. The van der Waals surface area contributed by atoms with Crippen molar-refractivity contribution in [3.05, 3.63) is 38.4 Å². The molecule has 6 heteroatoms. The van der Waals surface area contributed by atoms with Gasteiger partial charge in [0.15, 0.2) is 0 Å². The maximum Gasteiger partial charge on any atom is 0.226 e. The molecule has 132 valence electrons. The molecule has 1 N–H and O–H groups in total. The normalized spacial score (nSPS) is 13.5. The fourth-order valence-electron chi connectivity index (χ4n) is 3.19. The molecule has 0 bridgehead atoms. The Labute approximate surface area is 157 Å². The van der Waals surface area contributed by atoms with E-state index in [4.69, 9.17) is 0 Å². The Bertz CT molecular complexity index is 758. The van der Waals surface area contributed by atoms with Gasteiger partial charge in [-0.3, -0.25) is 9.69 Å². The highest BCUT2D eigenvalue weighted by atomic mass is 32.1. The van der Waals surface area contributed by atoms with Crippen molar-refractivity contribution in [1.82, 2.24) is 4.90 Å². The first-order chi connectivity index (χ1) is 12.2. The number of aryl methyl sites for hydroxylation is 1. The zero-order valence-electron chi connectivity index (χ0n) is 14.5. The summed E-state index contributed by atoms with van der Waals surface area (Å²) in [6, 6.07) is 6.49. The van der Waals surface area contributed by atoms with Crippen LogP contribution >= 0.6 is 22.7 Å². The number of carbonyl (C=O) groups excluding carboxylic acids is 1. The van der Waals surface area contributed by atoms with Crippen LogP contribution in [-0.4, -0.2) is 23.9 Å². The zero-order chi connectivity index (χ0) is 17.6. The molecule has 0 aromatic carbocycles. The Hall–Kier alpha value is -1.68. The van der Waals surface area contributed by atoms with Crippen molar-refractivity contribution in [2.75, 3.05) is 18.4 Å². The summed E-state index contributed by atoms with van der Waals surface area (Å²) in [6.45, 7) is 4.65. The molecule has 0 radical (unpaired) electrons. The van der Waals surface area contributed by atoms with E-state index in [9.17, 15) is 10.1 Å². The van der Waals surface area contributed by atoms with Crippen LogP contribution in [-0.2, 0) is 24.2 Å². The Kier molecular flexibility index (Phi) is 6.24. The van der Waals surface area contributed by atoms with E-state index in [0.717, 1.165) is 43.9 Å². The standard InChI is InChI=1S/C19H23N3OS2/c1-2-22(13-14-6-5-11-24-14)10-9-18(23)21-19-16(12-20)15-7-3-4-8-17(15)25-19/h5-6,11H,2-4,7-10,13H2,1H3,(H,21,23). The van der Waals surface area contributed by atoms with Crippen molar-refractivity contribution < 1.29 is 4.79 Å². The molecule has 2 aromatic rings. The van der Waals surface area contributed by atoms with Crippen molar-refractivity contribution in [3.8, 4) is 6.07 Å². The van der Waals surface area contributed by atoms with Crippen LogP contribution in [0.4, 0.5) is 5.00 Å². The van der Waals surface area contributed by atoms with E-state index < -0.39 is 0 Å². The monoisotopic (exact) mass is 373 g/mol. The van der Waals surface area contributed by atoms with Crippen LogP contribution in [0.15, 0.2) is 17.5 Å². The number of thiophene rings is 2. The Morgan fingerprint density at radius 1 is 1.40 bits per heavy atom. The molecule has 4 nitrogen and oxygen atoms in total. The minimum absolute atomic E-state index is 0.000253. The second-order valence-electron chi connectivity index (χ2n) is 6.27. The molecule has 3 rings (SSSR count). The van der Waals surface area contributed by atoms with Gasteiger partial charge in [0.1, 0.15) is 11.1 Å². The molecule has 0 saturated heterocycles. The van der Waals surface area contributed by atoms with Gasteiger partial charge in [-0.15, -0.1) is 22.7 Å². The van der Waals surface area contributed by atoms with Gasteiger partial charge in [0.25, 0.3) is 0 Å². The molecule has 0 spiro atoms. The molecule has 1 aliphatic rings. The summed E-state index contributed by atoms with van der Waals surface area (Å²) in [7, 11) is 0. The number of hydrogen-bond acceptors (Lipinski definition) is 5. The lowest BCUT2D eigenvalue weighted by Gasteiger charge is -2.19. The van der Waals surface area contributed by atoms with Crippen LogP contribution in [0.2, 0.25) is 0 Å². The summed E-state index contributed by atoms with van der Waals surface area (Å²) in [4.78, 5) is 17.3. The Balaban J connectivity index is 1.57. The van der Waals surface area contributed by atoms with Crippen molar-refractivity contribution in [3.63, 3.8) is 0 Å². The van der Waals surface area contributed by atoms with Gasteiger partial charge in [-0.2, -0.15) is 5.26 Å². The molecule has 0 saturated carbocycles. The minimum atomic E-state index is -0.000253. The Morgan fingerprint density at radius 2 is 2.24 bits per heavy atom. The van der Waals surface area contributed by atoms with Crippen LogP contribution in [0.25, 0.3) is 0 Å². The lowest BCUT2D eigenvalue weighted by atomic mass is 9.96. The topological polar surface area (TPSA) is 56.1 Å². The number of nitrogens with zero attached hydrogens (tertiary/aromatic N) is 2. The first-order valence-electron chi connectivity index (χ1n) is 8.80. The highest BCUT2D eigenvalue weighted by molar-refractivity contribution is 7.16. The van der Waals surface area contributed by atoms with Gasteiger partial charge in [0.05, 0.1) is 5.56 Å². The van der Waals surface area contributed by atoms with Gasteiger partial charge < -0.3 is 5.32 Å². The predicted octanol–water partition coefficient (Wildman–Crippen LogP) is 4.41. The number of carbonyl (C=O) groups is 1. The maximum absolute atomic E-state index is 12.4. The van der Waals surface area contributed by atoms with Gasteiger partial charge in [-0.25, -0.2) is 0 Å². The molecule has 1 amide bonds. The molecular formula is C19H23N3OS2. The summed E-state index contributed by atoms with van der Waals surface area (Å²) in [5.41, 5.74) is 1.86. The van der Waals surface area contributed by atoms with Crippen LogP contribution in [0.3, 0.4) is 0 Å². The summed E-state index contributed by atoms with van der Waals surface area (Å²) >= 11 is 3.34. The largest absolute Gasteiger partial charge is 0.317 e. The van der Waals surface area contributed by atoms with Crippen molar-refractivity contribution in [1.29, 1.82) is 5.26 Å². The second-order valence-corrected chi connectivity index (χ2v) is 8.41. The molecule has 2 aromatic heterocycles. The third kappa shape index (κ3) is 4.49. The number of hydrogen-bond donors (Lipinski definition) is 1. The predicted molar refractivity (Wildman–Crippen MR) is 104 cm³/mol.